The molecule has 5 aromatic rings. The van der Waals surface area contributed by atoms with Gasteiger partial charge in [-0.2, -0.15) is 10.2 Å². The number of nitrogens with zero attached hydrogens (tertiary/aromatic N) is 5. The predicted molar refractivity (Wildman–Crippen MR) is 132 cm³/mol. The highest BCUT2D eigenvalue weighted by Gasteiger charge is 2.29. The molecule has 1 fully saturated rings. The number of hydrogen-bond donors (Lipinski definition) is 1. The maximum absolute atomic E-state index is 13.7. The van der Waals surface area contributed by atoms with Gasteiger partial charge in [-0.05, 0) is 57.0 Å². The Morgan fingerprint density at radius 1 is 0.882 bits per heavy atom. The largest absolute Gasteiger partial charge is 0.306 e. The molecule has 0 unspecified atom stereocenters. The summed E-state index contributed by atoms with van der Waals surface area (Å²) in [6.07, 6.45) is 2.19. The Bertz CT molecular complexity index is 1510. The Labute approximate surface area is 197 Å². The highest BCUT2D eigenvalue weighted by molar-refractivity contribution is 6.12. The van der Waals surface area contributed by atoms with Gasteiger partial charge in [-0.1, -0.05) is 36.4 Å². The van der Waals surface area contributed by atoms with Crippen molar-refractivity contribution in [3.05, 3.63) is 95.4 Å². The molecule has 0 radical (unpaired) electrons. The number of aromatic nitrogens is 5. The minimum absolute atomic E-state index is 0.193. The molecule has 1 saturated carbocycles. The first-order chi connectivity index (χ1) is 16.6. The second kappa shape index (κ2) is 7.95. The van der Waals surface area contributed by atoms with E-state index in [0.717, 1.165) is 46.7 Å². The second-order valence-corrected chi connectivity index (χ2v) is 8.77. The summed E-state index contributed by atoms with van der Waals surface area (Å²) >= 11 is 0. The molecular formula is C27H24N6O. The average molecular weight is 449 g/mol. The first-order valence-corrected chi connectivity index (χ1v) is 11.5. The van der Waals surface area contributed by atoms with E-state index in [4.69, 9.17) is 10.1 Å². The Morgan fingerprint density at radius 3 is 2.18 bits per heavy atom. The molecule has 0 spiro atoms. The van der Waals surface area contributed by atoms with Crippen molar-refractivity contribution in [1.29, 1.82) is 0 Å². The Morgan fingerprint density at radius 2 is 1.53 bits per heavy atom. The van der Waals surface area contributed by atoms with Crippen LogP contribution in [0.5, 0.6) is 0 Å². The van der Waals surface area contributed by atoms with E-state index in [1.54, 1.807) is 4.68 Å². The Kier molecular flexibility index (Phi) is 4.76. The van der Waals surface area contributed by atoms with E-state index in [-0.39, 0.29) is 5.91 Å². The molecule has 0 aliphatic heterocycles. The minimum atomic E-state index is -0.193. The van der Waals surface area contributed by atoms with E-state index in [2.05, 4.69) is 10.4 Å². The quantitative estimate of drug-likeness (QED) is 0.393. The molecule has 34 heavy (non-hydrogen) atoms. The van der Waals surface area contributed by atoms with Gasteiger partial charge < -0.3 is 5.32 Å². The summed E-state index contributed by atoms with van der Waals surface area (Å²) in [5.74, 6) is 0.828. The zero-order valence-corrected chi connectivity index (χ0v) is 19.1. The van der Waals surface area contributed by atoms with Crippen LogP contribution in [0.15, 0.2) is 72.8 Å². The monoisotopic (exact) mass is 448 g/mol. The zero-order chi connectivity index (χ0) is 23.2. The van der Waals surface area contributed by atoms with Crippen LogP contribution in [-0.4, -0.2) is 30.5 Å². The summed E-state index contributed by atoms with van der Waals surface area (Å²) in [5.41, 5.74) is 5.65. The molecule has 0 saturated heterocycles. The topological polar surface area (TPSA) is 77.6 Å². The smallest absolute Gasteiger partial charge is 0.257 e. The molecule has 168 valence electrons. The molecule has 7 heteroatoms. The van der Waals surface area contributed by atoms with E-state index in [1.807, 2.05) is 91.3 Å². The number of benzene rings is 2. The zero-order valence-electron chi connectivity index (χ0n) is 19.1. The summed E-state index contributed by atoms with van der Waals surface area (Å²) in [6, 6.07) is 23.5. The van der Waals surface area contributed by atoms with Gasteiger partial charge in [0.1, 0.15) is 5.82 Å². The van der Waals surface area contributed by atoms with Crippen LogP contribution < -0.4 is 5.32 Å². The molecule has 7 nitrogen and oxygen atoms in total. The van der Waals surface area contributed by atoms with Crippen molar-refractivity contribution in [2.24, 2.45) is 0 Å². The number of amides is 1. The van der Waals surface area contributed by atoms with Crippen LogP contribution in [0.25, 0.3) is 22.4 Å². The van der Waals surface area contributed by atoms with Crippen LogP contribution in [0.4, 0.5) is 5.82 Å². The van der Waals surface area contributed by atoms with Gasteiger partial charge in [0, 0.05) is 17.7 Å². The molecular weight excluding hydrogens is 424 g/mol. The normalized spacial score (nSPS) is 13.4. The number of anilines is 1. The number of aryl methyl sites for hydroxylation is 2. The van der Waals surface area contributed by atoms with Crippen molar-refractivity contribution in [1.82, 2.24) is 24.5 Å². The second-order valence-electron chi connectivity index (χ2n) is 8.77. The molecule has 1 aliphatic rings. The molecule has 6 rings (SSSR count). The molecule has 0 bridgehead atoms. The van der Waals surface area contributed by atoms with Gasteiger partial charge in [-0.3, -0.25) is 4.79 Å². The van der Waals surface area contributed by atoms with E-state index in [1.165, 1.54) is 0 Å². The summed E-state index contributed by atoms with van der Waals surface area (Å²) in [6.45, 7) is 3.84. The van der Waals surface area contributed by atoms with Gasteiger partial charge >= 0.3 is 0 Å². The van der Waals surface area contributed by atoms with Crippen LogP contribution in [-0.2, 0) is 0 Å². The lowest BCUT2D eigenvalue weighted by atomic mass is 10.1. The standard InChI is InChI=1S/C27H24N6O/c1-17-15-24(32(30-17)20-9-5-3-6-10-20)29-27(34)22-16-23(19-13-14-19)28-26-25(22)18(2)31-33(26)21-11-7-4-8-12-21/h3-12,15-16,19H,13-14H2,1-2H3,(H,29,34). The fourth-order valence-corrected chi connectivity index (χ4v) is 4.36. The lowest BCUT2D eigenvalue weighted by Crippen LogP contribution is -2.16. The van der Waals surface area contributed by atoms with E-state index in [0.29, 0.717) is 22.9 Å². The summed E-state index contributed by atoms with van der Waals surface area (Å²) in [7, 11) is 0. The lowest BCUT2D eigenvalue weighted by Gasteiger charge is -2.11. The van der Waals surface area contributed by atoms with Gasteiger partial charge in [0.2, 0.25) is 0 Å². The van der Waals surface area contributed by atoms with E-state index >= 15 is 0 Å². The third-order valence-corrected chi connectivity index (χ3v) is 6.15. The highest BCUT2D eigenvalue weighted by Crippen LogP contribution is 2.41. The molecule has 1 amide bonds. The fourth-order valence-electron chi connectivity index (χ4n) is 4.36. The number of fused-ring (bicyclic) bond motifs is 1. The van der Waals surface area contributed by atoms with E-state index < -0.39 is 0 Å². The number of carbonyl (C=O) groups is 1. The fraction of sp³-hybridized carbons (Fsp3) is 0.185. The van der Waals surface area contributed by atoms with Crippen molar-refractivity contribution in [2.75, 3.05) is 5.32 Å². The van der Waals surface area contributed by atoms with Crippen LogP contribution >= 0.6 is 0 Å². The maximum atomic E-state index is 13.7. The van der Waals surface area contributed by atoms with Crippen molar-refractivity contribution in [3.63, 3.8) is 0 Å². The number of hydrogen-bond acceptors (Lipinski definition) is 4. The summed E-state index contributed by atoms with van der Waals surface area (Å²) in [4.78, 5) is 18.7. The summed E-state index contributed by atoms with van der Waals surface area (Å²) in [5, 5.41) is 13.2. The number of carbonyl (C=O) groups excluding carboxylic acids is 1. The van der Waals surface area contributed by atoms with Gasteiger partial charge in [-0.25, -0.2) is 14.3 Å². The lowest BCUT2D eigenvalue weighted by molar-refractivity contribution is 0.102. The maximum Gasteiger partial charge on any atom is 0.257 e. The van der Waals surface area contributed by atoms with Crippen LogP contribution in [0.3, 0.4) is 0 Å². The van der Waals surface area contributed by atoms with Gasteiger partial charge in [0.05, 0.1) is 33.7 Å². The first-order valence-electron chi connectivity index (χ1n) is 11.5. The van der Waals surface area contributed by atoms with Crippen molar-refractivity contribution in [3.8, 4) is 11.4 Å². The first kappa shape index (κ1) is 20.4. The highest BCUT2D eigenvalue weighted by atomic mass is 16.1. The number of rotatable bonds is 5. The molecule has 1 aliphatic carbocycles. The van der Waals surface area contributed by atoms with Gasteiger partial charge in [0.15, 0.2) is 5.65 Å². The number of para-hydroxylation sites is 2. The van der Waals surface area contributed by atoms with Crippen molar-refractivity contribution < 1.29 is 4.79 Å². The van der Waals surface area contributed by atoms with Crippen LogP contribution in [0, 0.1) is 13.8 Å². The van der Waals surface area contributed by atoms with Gasteiger partial charge in [-0.15, -0.1) is 0 Å². The third kappa shape index (κ3) is 3.55. The van der Waals surface area contributed by atoms with Crippen LogP contribution in [0.1, 0.15) is 46.2 Å². The third-order valence-electron chi connectivity index (χ3n) is 6.15. The van der Waals surface area contributed by atoms with E-state index in [9.17, 15) is 4.79 Å². The Hall–Kier alpha value is -4.26. The number of nitrogens with one attached hydrogen (secondary N) is 1. The SMILES string of the molecule is Cc1cc(NC(=O)c2cc(C3CC3)nc3c2c(C)nn3-c2ccccc2)n(-c2ccccc2)n1. The van der Waals surface area contributed by atoms with Crippen molar-refractivity contribution >= 4 is 22.8 Å². The minimum Gasteiger partial charge on any atom is -0.306 e. The van der Waals surface area contributed by atoms with Crippen LogP contribution in [0.2, 0.25) is 0 Å². The number of pyridine rings is 1. The summed E-state index contributed by atoms with van der Waals surface area (Å²) < 4.78 is 3.60. The molecule has 0 atom stereocenters. The Balaban J connectivity index is 1.47. The molecule has 3 heterocycles. The molecule has 1 N–H and O–H groups in total. The van der Waals surface area contributed by atoms with Crippen molar-refractivity contribution in [2.45, 2.75) is 32.6 Å². The molecule has 2 aromatic carbocycles. The predicted octanol–water partition coefficient (Wildman–Crippen LogP) is 5.35. The van der Waals surface area contributed by atoms with Gasteiger partial charge in [0.25, 0.3) is 5.91 Å². The average Bonchev–Trinajstić information content (AvgIpc) is 3.58. The molecule has 3 aromatic heterocycles.